The zero-order chi connectivity index (χ0) is 11.5. The predicted octanol–water partition coefficient (Wildman–Crippen LogP) is 3.83. The van der Waals surface area contributed by atoms with Crippen LogP contribution >= 0.6 is 27.5 Å². The molecule has 1 aromatic rings. The van der Waals surface area contributed by atoms with Crippen molar-refractivity contribution < 1.29 is 9.84 Å². The molecule has 0 aromatic heterocycles. The molecule has 0 bridgehead atoms. The van der Waals surface area contributed by atoms with E-state index in [1.165, 1.54) is 0 Å². The number of aliphatic hydroxyl groups excluding tert-OH is 1. The molecule has 0 fully saturated rings. The van der Waals surface area contributed by atoms with Crippen LogP contribution in [0.3, 0.4) is 0 Å². The van der Waals surface area contributed by atoms with Gasteiger partial charge in [0.25, 0.3) is 0 Å². The molecule has 1 aliphatic heterocycles. The molecule has 1 aromatic carbocycles. The zero-order valence-corrected chi connectivity index (χ0v) is 11.0. The molecule has 1 N–H and O–H groups in total. The molecule has 0 aliphatic carbocycles. The second-order valence-corrected chi connectivity index (χ2v) is 4.93. The van der Waals surface area contributed by atoms with Crippen LogP contribution in [0.4, 0.5) is 0 Å². The number of allylic oxidation sites excluding steroid dienone is 1. The third kappa shape index (κ3) is 2.59. The van der Waals surface area contributed by atoms with Gasteiger partial charge >= 0.3 is 0 Å². The van der Waals surface area contributed by atoms with Gasteiger partial charge in [-0.3, -0.25) is 0 Å². The van der Waals surface area contributed by atoms with Crippen LogP contribution in [-0.2, 0) is 4.74 Å². The maximum absolute atomic E-state index is 10.1. The van der Waals surface area contributed by atoms with Crippen LogP contribution in [0.25, 0.3) is 0 Å². The molecule has 2 rings (SSSR count). The Bertz CT molecular complexity index is 417. The third-order valence-corrected chi connectivity index (χ3v) is 3.71. The van der Waals surface area contributed by atoms with Gasteiger partial charge in [-0.05, 0) is 52.5 Å². The third-order valence-electron chi connectivity index (χ3n) is 2.49. The Kier molecular flexibility index (Phi) is 3.90. The molecule has 0 saturated heterocycles. The van der Waals surface area contributed by atoms with E-state index in [-0.39, 0.29) is 0 Å². The van der Waals surface area contributed by atoms with Crippen molar-refractivity contribution in [1.82, 2.24) is 0 Å². The average molecular weight is 304 g/mol. The average Bonchev–Trinajstić information content (AvgIpc) is 2.33. The van der Waals surface area contributed by atoms with Crippen molar-refractivity contribution in [3.05, 3.63) is 45.1 Å². The minimum atomic E-state index is -0.700. The van der Waals surface area contributed by atoms with Gasteiger partial charge in [0.2, 0.25) is 0 Å². The molecule has 1 heterocycles. The number of hydrogen-bond donors (Lipinski definition) is 1. The molecule has 1 atom stereocenters. The quantitative estimate of drug-likeness (QED) is 0.900. The number of ether oxygens (including phenoxy) is 1. The highest BCUT2D eigenvalue weighted by Gasteiger charge is 2.17. The van der Waals surface area contributed by atoms with Crippen LogP contribution < -0.4 is 0 Å². The highest BCUT2D eigenvalue weighted by atomic mass is 79.9. The van der Waals surface area contributed by atoms with E-state index in [0.29, 0.717) is 17.4 Å². The molecule has 86 valence electrons. The lowest BCUT2D eigenvalue weighted by molar-refractivity contribution is 0.0918. The summed E-state index contributed by atoms with van der Waals surface area (Å²) in [6.07, 6.45) is 3.21. The Morgan fingerprint density at radius 2 is 2.25 bits per heavy atom. The maximum atomic E-state index is 10.1. The lowest BCUT2D eigenvalue weighted by atomic mass is 10.1. The van der Waals surface area contributed by atoms with E-state index in [2.05, 4.69) is 15.9 Å². The van der Waals surface area contributed by atoms with E-state index in [4.69, 9.17) is 16.3 Å². The first-order valence-electron chi connectivity index (χ1n) is 5.14. The number of halogens is 2. The lowest BCUT2D eigenvalue weighted by Crippen LogP contribution is -2.09. The Morgan fingerprint density at radius 3 is 2.88 bits per heavy atom. The summed E-state index contributed by atoms with van der Waals surface area (Å²) >= 11 is 9.23. The van der Waals surface area contributed by atoms with Gasteiger partial charge in [0.15, 0.2) is 0 Å². The van der Waals surface area contributed by atoms with Gasteiger partial charge in [0, 0.05) is 4.47 Å². The summed E-state index contributed by atoms with van der Waals surface area (Å²) in [5.41, 5.74) is 0.782. The fraction of sp³-hybridized carbons (Fsp3) is 0.333. The summed E-state index contributed by atoms with van der Waals surface area (Å²) in [5.74, 6) is 0.639. The van der Waals surface area contributed by atoms with Crippen LogP contribution in [0, 0.1) is 0 Å². The predicted molar refractivity (Wildman–Crippen MR) is 67.4 cm³/mol. The SMILES string of the molecule is OC(C1=CCCCO1)c1ccc(Cl)c(Br)c1. The first-order valence-corrected chi connectivity index (χ1v) is 6.31. The smallest absolute Gasteiger partial charge is 0.136 e. The van der Waals surface area contributed by atoms with Crippen LogP contribution in [0.2, 0.25) is 5.02 Å². The van der Waals surface area contributed by atoms with Gasteiger partial charge in [0.1, 0.15) is 11.9 Å². The standard InChI is InChI=1S/C12H12BrClO2/c13-9-7-8(4-5-10(9)14)12(15)11-3-1-2-6-16-11/h3-5,7,12,15H,1-2,6H2. The molecule has 0 spiro atoms. The van der Waals surface area contributed by atoms with Crippen molar-refractivity contribution in [2.24, 2.45) is 0 Å². The number of hydrogen-bond acceptors (Lipinski definition) is 2. The summed E-state index contributed by atoms with van der Waals surface area (Å²) in [7, 11) is 0. The molecule has 0 radical (unpaired) electrons. The zero-order valence-electron chi connectivity index (χ0n) is 8.62. The highest BCUT2D eigenvalue weighted by molar-refractivity contribution is 9.10. The maximum Gasteiger partial charge on any atom is 0.136 e. The highest BCUT2D eigenvalue weighted by Crippen LogP contribution is 2.30. The normalized spacial score (nSPS) is 17.6. The monoisotopic (exact) mass is 302 g/mol. The second-order valence-electron chi connectivity index (χ2n) is 3.67. The first-order chi connectivity index (χ1) is 7.68. The number of benzene rings is 1. The van der Waals surface area contributed by atoms with E-state index < -0.39 is 6.10 Å². The topological polar surface area (TPSA) is 29.5 Å². The van der Waals surface area contributed by atoms with Crippen LogP contribution in [-0.4, -0.2) is 11.7 Å². The first kappa shape index (κ1) is 12.0. The molecular weight excluding hydrogens is 291 g/mol. The molecular formula is C12H12BrClO2. The van der Waals surface area contributed by atoms with E-state index >= 15 is 0 Å². The van der Waals surface area contributed by atoms with Crippen LogP contribution in [0.1, 0.15) is 24.5 Å². The van der Waals surface area contributed by atoms with Crippen molar-refractivity contribution in [2.45, 2.75) is 18.9 Å². The van der Waals surface area contributed by atoms with Crippen LogP contribution in [0.5, 0.6) is 0 Å². The fourth-order valence-electron chi connectivity index (χ4n) is 1.61. The van der Waals surface area contributed by atoms with Gasteiger partial charge < -0.3 is 9.84 Å². The fourth-order valence-corrected chi connectivity index (χ4v) is 2.13. The summed E-state index contributed by atoms with van der Waals surface area (Å²) in [4.78, 5) is 0. The van der Waals surface area contributed by atoms with Gasteiger partial charge in [-0.25, -0.2) is 0 Å². The lowest BCUT2D eigenvalue weighted by Gasteiger charge is -2.20. The Hall–Kier alpha value is -0.510. The number of rotatable bonds is 2. The van der Waals surface area contributed by atoms with Crippen molar-refractivity contribution in [3.8, 4) is 0 Å². The van der Waals surface area contributed by atoms with E-state index in [1.54, 1.807) is 12.1 Å². The molecule has 0 amide bonds. The summed E-state index contributed by atoms with van der Waals surface area (Å²) < 4.78 is 6.21. The summed E-state index contributed by atoms with van der Waals surface area (Å²) in [6.45, 7) is 0.678. The Balaban J connectivity index is 2.22. The van der Waals surface area contributed by atoms with Crippen molar-refractivity contribution in [3.63, 3.8) is 0 Å². The van der Waals surface area contributed by atoms with Gasteiger partial charge in [-0.2, -0.15) is 0 Å². The second kappa shape index (κ2) is 5.21. The molecule has 1 unspecified atom stereocenters. The number of aliphatic hydroxyl groups is 1. The van der Waals surface area contributed by atoms with Gasteiger partial charge in [-0.1, -0.05) is 17.7 Å². The molecule has 4 heteroatoms. The molecule has 1 aliphatic rings. The minimum Gasteiger partial charge on any atom is -0.495 e. The molecule has 2 nitrogen and oxygen atoms in total. The minimum absolute atomic E-state index is 0.634. The van der Waals surface area contributed by atoms with Gasteiger partial charge in [-0.15, -0.1) is 0 Å². The Morgan fingerprint density at radius 1 is 1.44 bits per heavy atom. The van der Waals surface area contributed by atoms with E-state index in [1.807, 2.05) is 12.1 Å². The summed E-state index contributed by atoms with van der Waals surface area (Å²) in [6, 6.07) is 5.37. The van der Waals surface area contributed by atoms with Crippen molar-refractivity contribution >= 4 is 27.5 Å². The van der Waals surface area contributed by atoms with E-state index in [9.17, 15) is 5.11 Å². The van der Waals surface area contributed by atoms with Crippen molar-refractivity contribution in [1.29, 1.82) is 0 Å². The van der Waals surface area contributed by atoms with E-state index in [0.717, 1.165) is 22.9 Å². The summed E-state index contributed by atoms with van der Waals surface area (Å²) in [5, 5.41) is 10.7. The van der Waals surface area contributed by atoms with Gasteiger partial charge in [0.05, 0.1) is 11.6 Å². The molecule has 16 heavy (non-hydrogen) atoms. The van der Waals surface area contributed by atoms with Crippen LogP contribution in [0.15, 0.2) is 34.5 Å². The Labute approximate surface area is 108 Å². The largest absolute Gasteiger partial charge is 0.495 e. The van der Waals surface area contributed by atoms with Crippen molar-refractivity contribution in [2.75, 3.05) is 6.61 Å². The molecule has 0 saturated carbocycles.